The molecule has 0 radical (unpaired) electrons. The van der Waals surface area contributed by atoms with Crippen LogP contribution in [0.2, 0.25) is 0 Å². The van der Waals surface area contributed by atoms with Gasteiger partial charge in [-0.25, -0.2) is 4.39 Å². The number of benzene rings is 2. The van der Waals surface area contributed by atoms with Gasteiger partial charge in [0.2, 0.25) is 0 Å². The minimum absolute atomic E-state index is 0.0000924. The Labute approximate surface area is 208 Å². The molecule has 1 aliphatic heterocycles. The van der Waals surface area contributed by atoms with E-state index in [0.29, 0.717) is 17.9 Å². The number of nitrogens with zero attached hydrogens (tertiary/aromatic N) is 2. The molecule has 1 saturated heterocycles. The number of rotatable bonds is 9. The van der Waals surface area contributed by atoms with Crippen molar-refractivity contribution >= 4 is 17.4 Å². The maximum Gasteiger partial charge on any atom is 0.295 e. The van der Waals surface area contributed by atoms with Gasteiger partial charge in [0.1, 0.15) is 11.5 Å². The topological polar surface area (TPSA) is 89.0 Å². The molecule has 2 heterocycles. The lowest BCUT2D eigenvalue weighted by atomic mass is 9.95. The maximum absolute atomic E-state index is 14.4. The SMILES string of the molecule is CCCCOc1ccc(C2/C(=C(\O)c3ccc(OC)c(F)c3)C(=O)C(=O)N2Cc2ccncc2)cc1. The van der Waals surface area contributed by atoms with E-state index in [-0.39, 0.29) is 23.4 Å². The van der Waals surface area contributed by atoms with Crippen molar-refractivity contribution in [2.45, 2.75) is 32.4 Å². The van der Waals surface area contributed by atoms with E-state index in [0.717, 1.165) is 24.5 Å². The average molecular weight is 491 g/mol. The first-order valence-electron chi connectivity index (χ1n) is 11.7. The first-order valence-corrected chi connectivity index (χ1v) is 11.7. The van der Waals surface area contributed by atoms with Gasteiger partial charge >= 0.3 is 0 Å². The van der Waals surface area contributed by atoms with Gasteiger partial charge < -0.3 is 19.5 Å². The summed E-state index contributed by atoms with van der Waals surface area (Å²) in [7, 11) is 1.33. The van der Waals surface area contributed by atoms with Crippen LogP contribution in [0.15, 0.2) is 72.6 Å². The third-order valence-electron chi connectivity index (χ3n) is 6.03. The number of aliphatic hydroxyl groups is 1. The normalized spacial score (nSPS) is 16.9. The molecule has 1 aromatic heterocycles. The van der Waals surface area contributed by atoms with Crippen LogP contribution in [-0.4, -0.2) is 40.4 Å². The highest BCUT2D eigenvalue weighted by Crippen LogP contribution is 2.41. The lowest BCUT2D eigenvalue weighted by Gasteiger charge is -2.25. The molecule has 8 heteroatoms. The molecule has 7 nitrogen and oxygen atoms in total. The number of ketones is 1. The number of halogens is 1. The van der Waals surface area contributed by atoms with Gasteiger partial charge in [0.05, 0.1) is 25.3 Å². The second-order valence-corrected chi connectivity index (χ2v) is 8.40. The van der Waals surface area contributed by atoms with Crippen molar-refractivity contribution in [1.82, 2.24) is 9.88 Å². The lowest BCUT2D eigenvalue weighted by molar-refractivity contribution is -0.140. The van der Waals surface area contributed by atoms with Gasteiger partial charge in [0.15, 0.2) is 11.6 Å². The number of methoxy groups -OCH3 is 1. The van der Waals surface area contributed by atoms with Gasteiger partial charge in [-0.2, -0.15) is 0 Å². The van der Waals surface area contributed by atoms with Crippen LogP contribution in [0.1, 0.15) is 42.5 Å². The second-order valence-electron chi connectivity index (χ2n) is 8.40. The lowest BCUT2D eigenvalue weighted by Crippen LogP contribution is -2.29. The molecule has 0 saturated carbocycles. The van der Waals surface area contributed by atoms with E-state index in [4.69, 9.17) is 9.47 Å². The standard InChI is InChI=1S/C28H27FN2O5/c1-3-4-15-36-21-8-5-19(6-9-21)25-24(26(32)20-7-10-23(35-2)22(29)16-20)27(33)28(34)31(25)17-18-11-13-30-14-12-18/h5-14,16,25,32H,3-4,15,17H2,1-2H3/b26-24+. The highest BCUT2D eigenvalue weighted by Gasteiger charge is 2.46. The van der Waals surface area contributed by atoms with E-state index < -0.39 is 29.3 Å². The van der Waals surface area contributed by atoms with Crippen LogP contribution in [0.25, 0.3) is 5.76 Å². The summed E-state index contributed by atoms with van der Waals surface area (Å²) in [5.41, 5.74) is 1.34. The summed E-state index contributed by atoms with van der Waals surface area (Å²) in [6, 6.07) is 13.6. The summed E-state index contributed by atoms with van der Waals surface area (Å²) >= 11 is 0. The predicted molar refractivity (Wildman–Crippen MR) is 132 cm³/mol. The third kappa shape index (κ3) is 5.07. The minimum atomic E-state index is -0.881. The predicted octanol–water partition coefficient (Wildman–Crippen LogP) is 5.03. The third-order valence-corrected chi connectivity index (χ3v) is 6.03. The number of unbranched alkanes of at least 4 members (excludes halogenated alkanes) is 1. The monoisotopic (exact) mass is 490 g/mol. The number of aromatic nitrogens is 1. The van der Waals surface area contributed by atoms with Crippen molar-refractivity contribution in [1.29, 1.82) is 0 Å². The van der Waals surface area contributed by atoms with E-state index in [1.54, 1.807) is 48.8 Å². The molecule has 1 amide bonds. The second kappa shape index (κ2) is 11.0. The molecule has 0 aliphatic carbocycles. The molecule has 4 rings (SSSR count). The number of carbonyl (C=O) groups excluding carboxylic acids is 2. The number of ether oxygens (including phenoxy) is 2. The maximum atomic E-state index is 14.4. The van der Waals surface area contributed by atoms with Gasteiger partial charge in [0.25, 0.3) is 11.7 Å². The van der Waals surface area contributed by atoms with Crippen LogP contribution in [0, 0.1) is 5.82 Å². The van der Waals surface area contributed by atoms with Crippen LogP contribution in [0.5, 0.6) is 11.5 Å². The minimum Gasteiger partial charge on any atom is -0.507 e. The number of hydrogen-bond acceptors (Lipinski definition) is 6. The highest BCUT2D eigenvalue weighted by atomic mass is 19.1. The van der Waals surface area contributed by atoms with Crippen LogP contribution in [-0.2, 0) is 16.1 Å². The fourth-order valence-electron chi connectivity index (χ4n) is 4.12. The van der Waals surface area contributed by atoms with Crippen molar-refractivity contribution in [3.05, 3.63) is 95.1 Å². The molecular weight excluding hydrogens is 463 g/mol. The number of Topliss-reactive ketones (excluding diaryl/α,β-unsaturated/α-hetero) is 1. The fraction of sp³-hybridized carbons (Fsp3) is 0.250. The van der Waals surface area contributed by atoms with E-state index in [9.17, 15) is 19.1 Å². The number of likely N-dealkylation sites (tertiary alicyclic amines) is 1. The summed E-state index contributed by atoms with van der Waals surface area (Å²) in [6.07, 6.45) is 5.13. The number of carbonyl (C=O) groups is 2. The molecule has 0 bridgehead atoms. The average Bonchev–Trinajstić information content (AvgIpc) is 3.14. The van der Waals surface area contributed by atoms with E-state index >= 15 is 0 Å². The van der Waals surface area contributed by atoms with Crippen molar-refractivity contribution in [2.24, 2.45) is 0 Å². The first kappa shape index (κ1) is 24.9. The summed E-state index contributed by atoms with van der Waals surface area (Å²) in [4.78, 5) is 31.7. The van der Waals surface area contributed by atoms with E-state index in [2.05, 4.69) is 11.9 Å². The van der Waals surface area contributed by atoms with E-state index in [1.165, 1.54) is 24.1 Å². The van der Waals surface area contributed by atoms with Crippen molar-refractivity contribution in [2.75, 3.05) is 13.7 Å². The molecule has 36 heavy (non-hydrogen) atoms. The molecule has 2 aromatic carbocycles. The van der Waals surface area contributed by atoms with Gasteiger partial charge in [-0.3, -0.25) is 14.6 Å². The van der Waals surface area contributed by atoms with Crippen LogP contribution in [0.3, 0.4) is 0 Å². The molecule has 1 aliphatic rings. The zero-order chi connectivity index (χ0) is 25.7. The molecule has 1 N–H and O–H groups in total. The van der Waals surface area contributed by atoms with Crippen LogP contribution in [0.4, 0.5) is 4.39 Å². The number of pyridine rings is 1. The fourth-order valence-corrected chi connectivity index (χ4v) is 4.12. The quantitative estimate of drug-likeness (QED) is 0.196. The van der Waals surface area contributed by atoms with Crippen molar-refractivity contribution in [3.8, 4) is 11.5 Å². The summed E-state index contributed by atoms with van der Waals surface area (Å²) < 4.78 is 25.1. The molecule has 3 aromatic rings. The number of aliphatic hydroxyl groups excluding tert-OH is 1. The largest absolute Gasteiger partial charge is 0.507 e. The number of hydrogen-bond donors (Lipinski definition) is 1. The van der Waals surface area contributed by atoms with Gasteiger partial charge in [-0.05, 0) is 60.0 Å². The highest BCUT2D eigenvalue weighted by molar-refractivity contribution is 6.46. The van der Waals surface area contributed by atoms with Gasteiger partial charge in [0, 0.05) is 24.5 Å². The molecule has 1 unspecified atom stereocenters. The van der Waals surface area contributed by atoms with Crippen LogP contribution < -0.4 is 9.47 Å². The Morgan fingerprint density at radius 2 is 1.81 bits per heavy atom. The van der Waals surface area contributed by atoms with Crippen molar-refractivity contribution in [3.63, 3.8) is 0 Å². The molecule has 1 fully saturated rings. The van der Waals surface area contributed by atoms with Gasteiger partial charge in [-0.1, -0.05) is 25.5 Å². The molecular formula is C28H27FN2O5. The Balaban J connectivity index is 1.78. The smallest absolute Gasteiger partial charge is 0.295 e. The van der Waals surface area contributed by atoms with Gasteiger partial charge in [-0.15, -0.1) is 0 Å². The van der Waals surface area contributed by atoms with Crippen molar-refractivity contribution < 1.29 is 28.6 Å². The zero-order valence-electron chi connectivity index (χ0n) is 20.1. The number of amides is 1. The Morgan fingerprint density at radius 1 is 1.08 bits per heavy atom. The first-order chi connectivity index (χ1) is 17.4. The Morgan fingerprint density at radius 3 is 2.44 bits per heavy atom. The summed E-state index contributed by atoms with van der Waals surface area (Å²) in [5, 5.41) is 11.1. The molecule has 0 spiro atoms. The summed E-state index contributed by atoms with van der Waals surface area (Å²) in [5.74, 6) is -2.09. The Hall–Kier alpha value is -4.20. The molecule has 186 valence electrons. The Kier molecular flexibility index (Phi) is 7.63. The Bertz CT molecular complexity index is 1270. The summed E-state index contributed by atoms with van der Waals surface area (Å²) in [6.45, 7) is 2.78. The van der Waals surface area contributed by atoms with E-state index in [1.807, 2.05) is 0 Å². The van der Waals surface area contributed by atoms with Crippen LogP contribution >= 0.6 is 0 Å². The zero-order valence-corrected chi connectivity index (χ0v) is 20.1. The molecule has 1 atom stereocenters.